The number of halogens is 1. The number of amides is 1. The summed E-state index contributed by atoms with van der Waals surface area (Å²) in [5.41, 5.74) is 4.55. The van der Waals surface area contributed by atoms with E-state index < -0.39 is 12.0 Å². The molecule has 0 aliphatic heterocycles. The van der Waals surface area contributed by atoms with Crippen molar-refractivity contribution in [3.8, 4) is 5.69 Å². The van der Waals surface area contributed by atoms with E-state index in [1.165, 1.54) is 12.1 Å². The molecule has 1 aliphatic rings. The van der Waals surface area contributed by atoms with Crippen LogP contribution in [0.5, 0.6) is 0 Å². The number of nitrogens with zero attached hydrogens (tertiary/aromatic N) is 2. The molecule has 1 aromatic heterocycles. The molecule has 3 aromatic carbocycles. The molecule has 0 unspecified atom stereocenters. The molecular weight excluding hydrogens is 417 g/mol. The number of Topliss-reactive ketones (excluding diaryl/α,β-unsaturated/α-hetero) is 1. The van der Waals surface area contributed by atoms with Gasteiger partial charge in [0.05, 0.1) is 29.5 Å². The number of aryl methyl sites for hydroxylation is 1. The molecule has 33 heavy (non-hydrogen) atoms. The zero-order chi connectivity index (χ0) is 22.9. The normalized spacial score (nSPS) is 17.5. The molecule has 1 heterocycles. The first-order valence-corrected chi connectivity index (χ1v) is 10.8. The highest BCUT2D eigenvalue weighted by molar-refractivity contribution is 5.99. The Morgan fingerprint density at radius 1 is 0.970 bits per heavy atom. The van der Waals surface area contributed by atoms with Crippen LogP contribution in [0.15, 0.2) is 84.9 Å². The lowest BCUT2D eigenvalue weighted by atomic mass is 9.76. The number of rotatable bonds is 4. The second-order valence-electron chi connectivity index (χ2n) is 8.18. The smallest absolute Gasteiger partial charge is 0.251 e. The number of hydrogen-bond acceptors (Lipinski definition) is 3. The van der Waals surface area contributed by atoms with Crippen molar-refractivity contribution >= 4 is 11.7 Å². The summed E-state index contributed by atoms with van der Waals surface area (Å²) in [7, 11) is 0. The second-order valence-corrected chi connectivity index (χ2v) is 8.18. The number of hydrogen-bond donors (Lipinski definition) is 1. The second kappa shape index (κ2) is 8.47. The van der Waals surface area contributed by atoms with Crippen LogP contribution in [0.1, 0.15) is 38.8 Å². The Morgan fingerprint density at radius 2 is 1.61 bits per heavy atom. The summed E-state index contributed by atoms with van der Waals surface area (Å²) in [5, 5.41) is 7.69. The van der Waals surface area contributed by atoms with Crippen LogP contribution >= 0.6 is 0 Å². The summed E-state index contributed by atoms with van der Waals surface area (Å²) < 4.78 is 15.5. The Hall–Kier alpha value is -4.06. The largest absolute Gasteiger partial charge is 0.341 e. The lowest BCUT2D eigenvalue weighted by Crippen LogP contribution is -2.48. The monoisotopic (exact) mass is 439 g/mol. The van der Waals surface area contributed by atoms with Gasteiger partial charge in [0.1, 0.15) is 5.82 Å². The molecule has 0 fully saturated rings. The summed E-state index contributed by atoms with van der Waals surface area (Å²) in [4.78, 5) is 26.4. The van der Waals surface area contributed by atoms with E-state index in [0.29, 0.717) is 5.56 Å². The Kier molecular flexibility index (Phi) is 5.34. The maximum Gasteiger partial charge on any atom is 0.251 e. The van der Waals surface area contributed by atoms with E-state index in [1.807, 2.05) is 43.3 Å². The summed E-state index contributed by atoms with van der Waals surface area (Å²) in [6, 6.07) is 23.7. The zero-order valence-corrected chi connectivity index (χ0v) is 18.0. The molecule has 1 aliphatic carbocycles. The number of carbonyl (C=O) groups excluding carboxylic acids is 2. The quantitative estimate of drug-likeness (QED) is 0.513. The van der Waals surface area contributed by atoms with Gasteiger partial charge in [-0.15, -0.1) is 0 Å². The molecule has 164 valence electrons. The summed E-state index contributed by atoms with van der Waals surface area (Å²) in [5.74, 6) is -1.27. The molecule has 0 radical (unpaired) electrons. The Bertz CT molecular complexity index is 1320. The lowest BCUT2D eigenvalue weighted by molar-refractivity contribution is -0.121. The molecule has 0 bridgehead atoms. The Balaban J connectivity index is 1.63. The van der Waals surface area contributed by atoms with Crippen molar-refractivity contribution in [1.82, 2.24) is 15.1 Å². The van der Waals surface area contributed by atoms with E-state index in [1.54, 1.807) is 41.1 Å². The van der Waals surface area contributed by atoms with Crippen LogP contribution in [0.25, 0.3) is 5.69 Å². The van der Waals surface area contributed by atoms with Gasteiger partial charge in [0.25, 0.3) is 5.91 Å². The molecule has 2 atom stereocenters. The van der Waals surface area contributed by atoms with Gasteiger partial charge in [0, 0.05) is 17.0 Å². The minimum absolute atomic E-state index is 0.113. The third-order valence-corrected chi connectivity index (χ3v) is 6.09. The SMILES string of the molecule is Cc1nn(-c2ccccc2)c2c1[C@H](c1ccc(F)cc1)[C@@H](NC(=O)c1ccccc1)C(=O)C2. The van der Waals surface area contributed by atoms with Crippen LogP contribution in [-0.4, -0.2) is 27.5 Å². The fraction of sp³-hybridized carbons (Fsp3) is 0.148. The zero-order valence-electron chi connectivity index (χ0n) is 18.0. The number of fused-ring (bicyclic) bond motifs is 1. The standard InChI is InChI=1S/C27H22FN3O2/c1-17-24-22(31(30-17)21-10-6-3-7-11-21)16-23(32)26(25(24)18-12-14-20(28)15-13-18)29-27(33)19-8-4-2-5-9-19/h2-15,25-26H,16H2,1H3,(H,29,33)/t25-,26-/m0/s1. The van der Waals surface area contributed by atoms with E-state index in [2.05, 4.69) is 5.32 Å². The van der Waals surface area contributed by atoms with E-state index in [-0.39, 0.29) is 23.9 Å². The van der Waals surface area contributed by atoms with Gasteiger partial charge >= 0.3 is 0 Å². The summed E-state index contributed by atoms with van der Waals surface area (Å²) in [6.45, 7) is 1.90. The highest BCUT2D eigenvalue weighted by Gasteiger charge is 2.41. The van der Waals surface area contributed by atoms with Crippen molar-refractivity contribution in [3.63, 3.8) is 0 Å². The average molecular weight is 439 g/mol. The van der Waals surface area contributed by atoms with Crippen molar-refractivity contribution in [2.45, 2.75) is 25.3 Å². The first-order chi connectivity index (χ1) is 16.0. The maximum absolute atomic E-state index is 13.7. The molecule has 1 amide bonds. The first kappa shape index (κ1) is 20.8. The number of nitrogens with one attached hydrogen (secondary N) is 1. The molecule has 0 spiro atoms. The molecule has 4 aromatic rings. The molecule has 0 saturated carbocycles. The van der Waals surface area contributed by atoms with Crippen LogP contribution in [0.4, 0.5) is 4.39 Å². The summed E-state index contributed by atoms with van der Waals surface area (Å²) in [6.07, 6.45) is 0.141. The van der Waals surface area contributed by atoms with Gasteiger partial charge in [-0.3, -0.25) is 9.59 Å². The number of aromatic nitrogens is 2. The predicted octanol–water partition coefficient (Wildman–Crippen LogP) is 4.38. The van der Waals surface area contributed by atoms with E-state index >= 15 is 0 Å². The van der Waals surface area contributed by atoms with E-state index in [0.717, 1.165) is 28.2 Å². The molecule has 1 N–H and O–H groups in total. The number of carbonyl (C=O) groups is 2. The van der Waals surface area contributed by atoms with Crippen molar-refractivity contribution in [2.24, 2.45) is 0 Å². The van der Waals surface area contributed by atoms with Crippen LogP contribution in [0.2, 0.25) is 0 Å². The molecule has 5 rings (SSSR count). The van der Waals surface area contributed by atoms with Gasteiger partial charge in [0.15, 0.2) is 5.78 Å². The third kappa shape index (κ3) is 3.84. The topological polar surface area (TPSA) is 64.0 Å². The van der Waals surface area contributed by atoms with Gasteiger partial charge in [0.2, 0.25) is 0 Å². The van der Waals surface area contributed by atoms with Crippen LogP contribution in [0.3, 0.4) is 0 Å². The van der Waals surface area contributed by atoms with Crippen molar-refractivity contribution in [2.75, 3.05) is 0 Å². The Labute approximate surface area is 190 Å². The number of ketones is 1. The van der Waals surface area contributed by atoms with Crippen LogP contribution < -0.4 is 5.32 Å². The average Bonchev–Trinajstić information content (AvgIpc) is 3.17. The fourth-order valence-corrected chi connectivity index (χ4v) is 4.58. The third-order valence-electron chi connectivity index (χ3n) is 6.09. The van der Waals surface area contributed by atoms with E-state index in [4.69, 9.17) is 5.10 Å². The van der Waals surface area contributed by atoms with Crippen molar-refractivity contribution in [1.29, 1.82) is 0 Å². The highest BCUT2D eigenvalue weighted by atomic mass is 19.1. The van der Waals surface area contributed by atoms with Crippen LogP contribution in [-0.2, 0) is 11.2 Å². The van der Waals surface area contributed by atoms with Crippen LogP contribution in [0, 0.1) is 12.7 Å². The lowest BCUT2D eigenvalue weighted by Gasteiger charge is -2.32. The molecule has 6 heteroatoms. The Morgan fingerprint density at radius 3 is 2.27 bits per heavy atom. The van der Waals surface area contributed by atoms with Gasteiger partial charge in [-0.25, -0.2) is 9.07 Å². The maximum atomic E-state index is 13.7. The first-order valence-electron chi connectivity index (χ1n) is 10.8. The van der Waals surface area contributed by atoms with Gasteiger partial charge in [-0.2, -0.15) is 5.10 Å². The van der Waals surface area contributed by atoms with Gasteiger partial charge in [-0.05, 0) is 48.9 Å². The predicted molar refractivity (Wildman–Crippen MR) is 123 cm³/mol. The number of benzene rings is 3. The van der Waals surface area contributed by atoms with Crippen molar-refractivity contribution in [3.05, 3.63) is 119 Å². The minimum atomic E-state index is -0.789. The molecule has 5 nitrogen and oxygen atoms in total. The summed E-state index contributed by atoms with van der Waals surface area (Å²) >= 11 is 0. The van der Waals surface area contributed by atoms with E-state index in [9.17, 15) is 14.0 Å². The van der Waals surface area contributed by atoms with Gasteiger partial charge < -0.3 is 5.32 Å². The van der Waals surface area contributed by atoms with Crippen molar-refractivity contribution < 1.29 is 14.0 Å². The van der Waals surface area contributed by atoms with Gasteiger partial charge in [-0.1, -0.05) is 48.5 Å². The number of para-hydroxylation sites is 1. The fourth-order valence-electron chi connectivity index (χ4n) is 4.58. The molecular formula is C27H22FN3O2. The minimum Gasteiger partial charge on any atom is -0.341 e. The highest BCUT2D eigenvalue weighted by Crippen LogP contribution is 2.38. The molecule has 0 saturated heterocycles.